The summed E-state index contributed by atoms with van der Waals surface area (Å²) < 4.78 is 10.4. The first-order valence-corrected chi connectivity index (χ1v) is 8.09. The van der Waals surface area contributed by atoms with E-state index in [0.29, 0.717) is 11.3 Å². The molecule has 0 saturated heterocycles. The zero-order chi connectivity index (χ0) is 20.1. The molecule has 8 nitrogen and oxygen atoms in total. The van der Waals surface area contributed by atoms with Gasteiger partial charge in [0.2, 0.25) is 5.91 Å². The molecule has 0 spiro atoms. The van der Waals surface area contributed by atoms with Crippen LogP contribution < -0.4 is 10.1 Å². The minimum absolute atomic E-state index is 0.495. The fourth-order valence-corrected chi connectivity index (χ4v) is 2.13. The van der Waals surface area contributed by atoms with E-state index >= 15 is 0 Å². The molecule has 0 aliphatic carbocycles. The molecule has 1 aromatic rings. The number of amides is 2. The summed E-state index contributed by atoms with van der Waals surface area (Å²) in [6, 6.07) is 4.41. The van der Waals surface area contributed by atoms with Crippen LogP contribution in [0.4, 0.5) is 4.79 Å². The quantitative estimate of drug-likeness (QED) is 0.800. The van der Waals surface area contributed by atoms with E-state index in [-0.39, 0.29) is 0 Å². The third-order valence-electron chi connectivity index (χ3n) is 3.48. The molecule has 0 aromatic heterocycles. The number of likely N-dealkylation sites (N-methyl/N-ethyl adjacent to an activating group) is 1. The van der Waals surface area contributed by atoms with E-state index in [1.54, 1.807) is 45.0 Å². The Bertz CT molecular complexity index is 651. The third-order valence-corrected chi connectivity index (χ3v) is 3.48. The van der Waals surface area contributed by atoms with Gasteiger partial charge in [-0.05, 0) is 45.4 Å². The summed E-state index contributed by atoms with van der Waals surface area (Å²) in [7, 11) is 2.94. The Hall–Kier alpha value is -2.77. The van der Waals surface area contributed by atoms with E-state index in [4.69, 9.17) is 14.6 Å². The molecule has 0 bridgehead atoms. The second-order valence-corrected chi connectivity index (χ2v) is 6.84. The van der Waals surface area contributed by atoms with Gasteiger partial charge in [-0.15, -0.1) is 0 Å². The van der Waals surface area contributed by atoms with Gasteiger partial charge in [0.1, 0.15) is 23.4 Å². The van der Waals surface area contributed by atoms with Crippen molar-refractivity contribution >= 4 is 18.0 Å². The summed E-state index contributed by atoms with van der Waals surface area (Å²) in [6.45, 7) is 6.49. The zero-order valence-corrected chi connectivity index (χ0v) is 15.9. The molecule has 2 atom stereocenters. The summed E-state index contributed by atoms with van der Waals surface area (Å²) in [6.07, 6.45) is -0.698. The van der Waals surface area contributed by atoms with E-state index in [1.165, 1.54) is 21.1 Å². The lowest BCUT2D eigenvalue weighted by Gasteiger charge is -2.30. The van der Waals surface area contributed by atoms with Gasteiger partial charge in [0, 0.05) is 7.05 Å². The molecule has 1 aromatic carbocycles. The van der Waals surface area contributed by atoms with Crippen molar-refractivity contribution in [3.63, 3.8) is 0 Å². The molecule has 1 unspecified atom stereocenters. The van der Waals surface area contributed by atoms with Crippen molar-refractivity contribution in [1.82, 2.24) is 10.2 Å². The Morgan fingerprint density at radius 1 is 1.15 bits per heavy atom. The number of ether oxygens (including phenoxy) is 2. The minimum atomic E-state index is -1.17. The summed E-state index contributed by atoms with van der Waals surface area (Å²) in [5, 5.41) is 11.4. The molecular weight excluding hydrogens is 340 g/mol. The summed E-state index contributed by atoms with van der Waals surface area (Å²) in [5.74, 6) is -1.21. The molecule has 0 saturated carbocycles. The number of aliphatic carboxylic acids is 1. The Kier molecular flexibility index (Phi) is 7.00. The number of rotatable bonds is 6. The zero-order valence-electron chi connectivity index (χ0n) is 15.9. The first-order valence-electron chi connectivity index (χ1n) is 8.09. The highest BCUT2D eigenvalue weighted by Gasteiger charge is 2.33. The summed E-state index contributed by atoms with van der Waals surface area (Å²) >= 11 is 0. The summed E-state index contributed by atoms with van der Waals surface area (Å²) in [4.78, 5) is 37.2. The number of methoxy groups -OCH3 is 1. The van der Waals surface area contributed by atoms with Gasteiger partial charge >= 0.3 is 12.1 Å². The maximum atomic E-state index is 12.7. The van der Waals surface area contributed by atoms with Crippen LogP contribution in [0.25, 0.3) is 0 Å². The number of benzene rings is 1. The van der Waals surface area contributed by atoms with Gasteiger partial charge in [-0.2, -0.15) is 0 Å². The van der Waals surface area contributed by atoms with Gasteiger partial charge in [-0.25, -0.2) is 4.79 Å². The molecule has 2 amide bonds. The number of nitrogens with one attached hydrogen (secondary N) is 1. The maximum Gasteiger partial charge on any atom is 0.410 e. The number of carboxylic acid groups (broad SMARTS) is 1. The van der Waals surface area contributed by atoms with E-state index < -0.39 is 35.7 Å². The minimum Gasteiger partial charge on any atom is -0.497 e. The standard InChI is InChI=1S/C18H26N2O6/c1-11(16(22)23)19-15(21)14(12-7-9-13(25-6)10-8-12)20(5)17(24)26-18(2,3)4/h7-11,14H,1-6H3,(H,19,21)(H,22,23)/t11?,14-/m0/s1. The van der Waals surface area contributed by atoms with Crippen LogP contribution in [0.1, 0.15) is 39.3 Å². The SMILES string of the molecule is COc1ccc([C@@H](C(=O)NC(C)C(=O)O)N(C)C(=O)OC(C)(C)C)cc1. The predicted molar refractivity (Wildman–Crippen MR) is 95.0 cm³/mol. The van der Waals surface area contributed by atoms with Gasteiger partial charge in [0.15, 0.2) is 0 Å². The van der Waals surface area contributed by atoms with Crippen LogP contribution in [0.3, 0.4) is 0 Å². The number of carbonyl (C=O) groups excluding carboxylic acids is 2. The van der Waals surface area contributed by atoms with E-state index in [1.807, 2.05) is 0 Å². The number of carboxylic acids is 1. The Morgan fingerprint density at radius 3 is 2.12 bits per heavy atom. The number of carbonyl (C=O) groups is 3. The fourth-order valence-electron chi connectivity index (χ4n) is 2.13. The van der Waals surface area contributed by atoms with Gasteiger partial charge in [-0.3, -0.25) is 14.5 Å². The van der Waals surface area contributed by atoms with Gasteiger partial charge in [-0.1, -0.05) is 12.1 Å². The normalized spacial score (nSPS) is 13.3. The topological polar surface area (TPSA) is 105 Å². The average Bonchev–Trinajstić information content (AvgIpc) is 2.53. The van der Waals surface area contributed by atoms with Crippen LogP contribution in [0.5, 0.6) is 5.75 Å². The molecule has 144 valence electrons. The fraction of sp³-hybridized carbons (Fsp3) is 0.500. The smallest absolute Gasteiger partial charge is 0.410 e. The van der Waals surface area contributed by atoms with Crippen LogP contribution in [0, 0.1) is 0 Å². The van der Waals surface area contributed by atoms with Crippen molar-refractivity contribution in [3.8, 4) is 5.75 Å². The lowest BCUT2D eigenvalue weighted by Crippen LogP contribution is -2.47. The van der Waals surface area contributed by atoms with Crippen LogP contribution in [0.2, 0.25) is 0 Å². The van der Waals surface area contributed by atoms with Crippen molar-refractivity contribution in [2.45, 2.75) is 45.4 Å². The van der Waals surface area contributed by atoms with Crippen LogP contribution in [-0.4, -0.2) is 53.8 Å². The van der Waals surface area contributed by atoms with Crippen molar-refractivity contribution in [1.29, 1.82) is 0 Å². The lowest BCUT2D eigenvalue weighted by molar-refractivity contribution is -0.142. The van der Waals surface area contributed by atoms with Gasteiger partial charge in [0.25, 0.3) is 0 Å². The van der Waals surface area contributed by atoms with E-state index in [0.717, 1.165) is 4.90 Å². The average molecular weight is 366 g/mol. The number of nitrogens with zero attached hydrogens (tertiary/aromatic N) is 1. The number of hydrogen-bond donors (Lipinski definition) is 2. The molecule has 0 heterocycles. The second kappa shape index (κ2) is 8.55. The highest BCUT2D eigenvalue weighted by atomic mass is 16.6. The molecule has 0 radical (unpaired) electrons. The Labute approximate surface area is 153 Å². The van der Waals surface area contributed by atoms with Gasteiger partial charge < -0.3 is 19.9 Å². The van der Waals surface area contributed by atoms with Crippen molar-refractivity contribution < 1.29 is 29.0 Å². The molecule has 2 N–H and O–H groups in total. The van der Waals surface area contributed by atoms with Crippen LogP contribution in [-0.2, 0) is 14.3 Å². The van der Waals surface area contributed by atoms with Crippen molar-refractivity contribution in [3.05, 3.63) is 29.8 Å². The van der Waals surface area contributed by atoms with E-state index in [9.17, 15) is 14.4 Å². The molecule has 0 aliphatic rings. The van der Waals surface area contributed by atoms with Crippen molar-refractivity contribution in [2.75, 3.05) is 14.2 Å². The first kappa shape index (κ1) is 21.3. The Balaban J connectivity index is 3.16. The lowest BCUT2D eigenvalue weighted by atomic mass is 10.0. The van der Waals surface area contributed by atoms with Gasteiger partial charge in [0.05, 0.1) is 7.11 Å². The molecule has 1 rings (SSSR count). The number of hydrogen-bond acceptors (Lipinski definition) is 5. The predicted octanol–water partition coefficient (Wildman–Crippen LogP) is 2.19. The highest BCUT2D eigenvalue weighted by Crippen LogP contribution is 2.24. The molecular formula is C18H26N2O6. The first-order chi connectivity index (χ1) is 12.0. The monoisotopic (exact) mass is 366 g/mol. The maximum absolute atomic E-state index is 12.7. The Morgan fingerprint density at radius 2 is 1.69 bits per heavy atom. The molecule has 8 heteroatoms. The molecule has 0 fully saturated rings. The van der Waals surface area contributed by atoms with Crippen LogP contribution >= 0.6 is 0 Å². The highest BCUT2D eigenvalue weighted by molar-refractivity contribution is 5.90. The third kappa shape index (κ3) is 5.94. The molecule has 26 heavy (non-hydrogen) atoms. The largest absolute Gasteiger partial charge is 0.497 e. The molecule has 0 aliphatic heterocycles. The summed E-state index contributed by atoms with van der Waals surface area (Å²) in [5.41, 5.74) is -0.241. The van der Waals surface area contributed by atoms with Crippen molar-refractivity contribution in [2.24, 2.45) is 0 Å². The van der Waals surface area contributed by atoms with Crippen LogP contribution in [0.15, 0.2) is 24.3 Å². The van der Waals surface area contributed by atoms with E-state index in [2.05, 4.69) is 5.32 Å². The second-order valence-electron chi connectivity index (χ2n) is 6.84.